The summed E-state index contributed by atoms with van der Waals surface area (Å²) in [4.78, 5) is 11.3. The van der Waals surface area contributed by atoms with Gasteiger partial charge < -0.3 is 5.32 Å². The van der Waals surface area contributed by atoms with E-state index in [0.29, 0.717) is 5.41 Å². The molecular formula is C11H20N4. The van der Waals surface area contributed by atoms with E-state index in [1.807, 2.05) is 0 Å². The third kappa shape index (κ3) is 2.49. The van der Waals surface area contributed by atoms with Crippen LogP contribution in [0, 0.1) is 5.41 Å². The summed E-state index contributed by atoms with van der Waals surface area (Å²) in [6.45, 7) is 10.5. The molecule has 2 rings (SSSR count). The standard InChI is InChI=1S/C11H20N4/c1-11(2,3)8-9-12-6-7-15(9)10-13-4-5-14-10/h4-8H2,1-3H3,(H,13,14). The lowest BCUT2D eigenvalue weighted by Crippen LogP contribution is -2.42. The average molecular weight is 208 g/mol. The Bertz CT molecular complexity index is 298. The molecule has 0 aliphatic carbocycles. The molecule has 0 fully saturated rings. The fourth-order valence-corrected chi connectivity index (χ4v) is 1.91. The van der Waals surface area contributed by atoms with Gasteiger partial charge in [0.25, 0.3) is 0 Å². The molecule has 2 aliphatic heterocycles. The van der Waals surface area contributed by atoms with Crippen LogP contribution in [0.1, 0.15) is 27.2 Å². The predicted octanol–water partition coefficient (Wildman–Crippen LogP) is 1.10. The molecule has 84 valence electrons. The zero-order chi connectivity index (χ0) is 10.9. The molecule has 0 saturated heterocycles. The van der Waals surface area contributed by atoms with Crippen LogP contribution in [0.4, 0.5) is 0 Å². The van der Waals surface area contributed by atoms with Gasteiger partial charge in [-0.25, -0.2) is 0 Å². The van der Waals surface area contributed by atoms with E-state index in [4.69, 9.17) is 0 Å². The van der Waals surface area contributed by atoms with Crippen LogP contribution >= 0.6 is 0 Å². The minimum Gasteiger partial charge on any atom is -0.354 e. The molecule has 0 saturated carbocycles. The minimum atomic E-state index is 0.292. The lowest BCUT2D eigenvalue weighted by molar-refractivity contribution is 0.420. The van der Waals surface area contributed by atoms with Gasteiger partial charge in [-0.05, 0) is 5.41 Å². The van der Waals surface area contributed by atoms with E-state index < -0.39 is 0 Å². The number of aliphatic imine (C=N–C) groups is 2. The van der Waals surface area contributed by atoms with Crippen molar-refractivity contribution in [3.05, 3.63) is 0 Å². The first kappa shape index (κ1) is 10.5. The van der Waals surface area contributed by atoms with Crippen LogP contribution in [0.25, 0.3) is 0 Å². The van der Waals surface area contributed by atoms with Crippen LogP contribution in [0.3, 0.4) is 0 Å². The molecule has 0 aromatic carbocycles. The van der Waals surface area contributed by atoms with Crippen LogP contribution in [0.5, 0.6) is 0 Å². The number of guanidine groups is 1. The molecule has 0 unspecified atom stereocenters. The number of rotatable bonds is 1. The molecule has 4 nitrogen and oxygen atoms in total. The van der Waals surface area contributed by atoms with Crippen LogP contribution in [-0.2, 0) is 0 Å². The molecule has 0 aromatic rings. The Morgan fingerprint density at radius 2 is 2.07 bits per heavy atom. The fourth-order valence-electron chi connectivity index (χ4n) is 1.91. The van der Waals surface area contributed by atoms with Crippen LogP contribution in [0.2, 0.25) is 0 Å². The summed E-state index contributed by atoms with van der Waals surface area (Å²) in [6.07, 6.45) is 1.02. The number of nitrogens with zero attached hydrogens (tertiary/aromatic N) is 3. The fraction of sp³-hybridized carbons (Fsp3) is 0.818. The van der Waals surface area contributed by atoms with E-state index in [-0.39, 0.29) is 0 Å². The molecule has 1 N–H and O–H groups in total. The van der Waals surface area contributed by atoms with Gasteiger partial charge >= 0.3 is 0 Å². The van der Waals surface area contributed by atoms with Crippen molar-refractivity contribution >= 4 is 11.8 Å². The molecule has 0 radical (unpaired) electrons. The third-order valence-electron chi connectivity index (χ3n) is 2.53. The van der Waals surface area contributed by atoms with Crippen LogP contribution in [-0.4, -0.2) is 42.9 Å². The Labute approximate surface area is 91.5 Å². The quantitative estimate of drug-likeness (QED) is 0.701. The first-order valence-corrected chi connectivity index (χ1v) is 5.65. The lowest BCUT2D eigenvalue weighted by atomic mass is 9.91. The zero-order valence-corrected chi connectivity index (χ0v) is 9.88. The van der Waals surface area contributed by atoms with Crippen molar-refractivity contribution in [2.24, 2.45) is 15.4 Å². The second kappa shape index (κ2) is 3.83. The first-order valence-electron chi connectivity index (χ1n) is 5.65. The van der Waals surface area contributed by atoms with E-state index in [1.165, 1.54) is 5.84 Å². The van der Waals surface area contributed by atoms with Crippen molar-refractivity contribution in [3.8, 4) is 0 Å². The average Bonchev–Trinajstić information content (AvgIpc) is 2.68. The SMILES string of the molecule is CC(C)(C)CC1=NCCN1C1=NCCN1. The van der Waals surface area contributed by atoms with Crippen LogP contribution < -0.4 is 5.32 Å². The maximum atomic E-state index is 4.57. The molecule has 0 aromatic heterocycles. The zero-order valence-electron chi connectivity index (χ0n) is 9.88. The van der Waals surface area contributed by atoms with E-state index in [9.17, 15) is 0 Å². The van der Waals surface area contributed by atoms with Crippen molar-refractivity contribution in [1.29, 1.82) is 0 Å². The summed E-state index contributed by atoms with van der Waals surface area (Å²) in [6, 6.07) is 0. The Kier molecular flexibility index (Phi) is 2.67. The minimum absolute atomic E-state index is 0.292. The normalized spacial score (nSPS) is 21.4. The largest absolute Gasteiger partial charge is 0.354 e. The molecular weight excluding hydrogens is 188 g/mol. The van der Waals surface area contributed by atoms with Gasteiger partial charge in [-0.3, -0.25) is 14.9 Å². The van der Waals surface area contributed by atoms with Crippen LogP contribution in [0.15, 0.2) is 9.98 Å². The monoisotopic (exact) mass is 208 g/mol. The number of nitrogens with one attached hydrogen (secondary N) is 1. The highest BCUT2D eigenvalue weighted by molar-refractivity contribution is 6.01. The van der Waals surface area contributed by atoms with Crippen molar-refractivity contribution in [3.63, 3.8) is 0 Å². The van der Waals surface area contributed by atoms with E-state index in [2.05, 4.69) is 41.0 Å². The van der Waals surface area contributed by atoms with Gasteiger partial charge in [-0.2, -0.15) is 0 Å². The highest BCUT2D eigenvalue weighted by Gasteiger charge is 2.26. The molecule has 0 bridgehead atoms. The van der Waals surface area contributed by atoms with Gasteiger partial charge in [-0.15, -0.1) is 0 Å². The van der Waals surface area contributed by atoms with Crippen molar-refractivity contribution < 1.29 is 0 Å². The van der Waals surface area contributed by atoms with Gasteiger partial charge in [0.05, 0.1) is 13.1 Å². The third-order valence-corrected chi connectivity index (χ3v) is 2.53. The smallest absolute Gasteiger partial charge is 0.199 e. The molecule has 0 spiro atoms. The van der Waals surface area contributed by atoms with Gasteiger partial charge in [0.2, 0.25) is 0 Å². The number of hydrogen-bond acceptors (Lipinski definition) is 4. The van der Waals surface area contributed by atoms with Gasteiger partial charge in [-0.1, -0.05) is 20.8 Å². The van der Waals surface area contributed by atoms with Crippen molar-refractivity contribution in [2.45, 2.75) is 27.2 Å². The van der Waals surface area contributed by atoms with Crippen molar-refractivity contribution in [1.82, 2.24) is 10.2 Å². The van der Waals surface area contributed by atoms with Crippen molar-refractivity contribution in [2.75, 3.05) is 26.2 Å². The second-order valence-electron chi connectivity index (χ2n) is 5.32. The highest BCUT2D eigenvalue weighted by Crippen LogP contribution is 2.22. The summed E-state index contributed by atoms with van der Waals surface area (Å²) in [5.41, 5.74) is 0.292. The lowest BCUT2D eigenvalue weighted by Gasteiger charge is -2.25. The molecule has 15 heavy (non-hydrogen) atoms. The Balaban J connectivity index is 2.04. The molecule has 4 heteroatoms. The summed E-state index contributed by atoms with van der Waals surface area (Å²) >= 11 is 0. The molecule has 2 heterocycles. The van der Waals surface area contributed by atoms with E-state index in [0.717, 1.165) is 38.6 Å². The highest BCUT2D eigenvalue weighted by atomic mass is 15.4. The molecule has 0 atom stereocenters. The summed E-state index contributed by atoms with van der Waals surface area (Å²) in [5.74, 6) is 2.21. The number of hydrogen-bond donors (Lipinski definition) is 1. The molecule has 2 aliphatic rings. The Hall–Kier alpha value is -1.06. The number of amidine groups is 1. The summed E-state index contributed by atoms with van der Waals surface area (Å²) in [5, 5.41) is 3.31. The van der Waals surface area contributed by atoms with E-state index >= 15 is 0 Å². The topological polar surface area (TPSA) is 40.0 Å². The predicted molar refractivity (Wildman–Crippen MR) is 63.4 cm³/mol. The maximum absolute atomic E-state index is 4.57. The Morgan fingerprint density at radius 3 is 2.67 bits per heavy atom. The maximum Gasteiger partial charge on any atom is 0.199 e. The van der Waals surface area contributed by atoms with Gasteiger partial charge in [0, 0.05) is 19.5 Å². The van der Waals surface area contributed by atoms with E-state index in [1.54, 1.807) is 0 Å². The first-order chi connectivity index (χ1) is 7.06. The summed E-state index contributed by atoms with van der Waals surface area (Å²) in [7, 11) is 0. The molecule has 0 amide bonds. The Morgan fingerprint density at radius 1 is 1.27 bits per heavy atom. The summed E-state index contributed by atoms with van der Waals surface area (Å²) < 4.78 is 0. The van der Waals surface area contributed by atoms with Gasteiger partial charge in [0.1, 0.15) is 5.84 Å². The second-order valence-corrected chi connectivity index (χ2v) is 5.32. The van der Waals surface area contributed by atoms with Gasteiger partial charge in [0.15, 0.2) is 5.96 Å².